The van der Waals surface area contributed by atoms with Crippen LogP contribution in [0.25, 0.3) is 0 Å². The van der Waals surface area contributed by atoms with Crippen LogP contribution in [0, 0.1) is 5.82 Å². The van der Waals surface area contributed by atoms with Crippen LogP contribution in [0.4, 0.5) is 10.1 Å². The van der Waals surface area contributed by atoms with E-state index in [4.69, 9.17) is 22.1 Å². The first-order valence-corrected chi connectivity index (χ1v) is 5.84. The fraction of sp³-hybridized carbons (Fsp3) is 0.0714. The summed E-state index contributed by atoms with van der Waals surface area (Å²) in [6.07, 6.45) is 0. The van der Waals surface area contributed by atoms with Crippen molar-refractivity contribution in [3.63, 3.8) is 0 Å². The first-order chi connectivity index (χ1) is 9.02. The number of hydrogen-bond donors (Lipinski definition) is 1. The number of methoxy groups -OCH3 is 1. The number of hydrogen-bond acceptors (Lipinski definition) is 3. The highest BCUT2D eigenvalue weighted by atomic mass is 35.5. The standard InChI is InChI=1S/C14H11ClFNO2/c1-19-9-3-5-11(13(16)7-9)14(18)10-4-2-8(17)6-12(10)15/h2-7H,17H2,1H3. The van der Waals surface area contributed by atoms with Crippen molar-refractivity contribution in [1.82, 2.24) is 0 Å². The molecule has 0 fully saturated rings. The predicted molar refractivity (Wildman–Crippen MR) is 72.2 cm³/mol. The van der Waals surface area contributed by atoms with Crippen molar-refractivity contribution in [3.05, 3.63) is 58.4 Å². The monoisotopic (exact) mass is 279 g/mol. The molecule has 0 aliphatic rings. The number of nitrogen functional groups attached to an aromatic ring is 1. The van der Waals surface area contributed by atoms with E-state index in [-0.39, 0.29) is 16.1 Å². The average Bonchev–Trinajstić information content (AvgIpc) is 2.37. The molecule has 19 heavy (non-hydrogen) atoms. The van der Waals surface area contributed by atoms with Crippen LogP contribution in [0.2, 0.25) is 5.02 Å². The van der Waals surface area contributed by atoms with Crippen LogP contribution in [-0.4, -0.2) is 12.9 Å². The molecule has 0 amide bonds. The largest absolute Gasteiger partial charge is 0.497 e. The van der Waals surface area contributed by atoms with Crippen LogP contribution >= 0.6 is 11.6 Å². The van der Waals surface area contributed by atoms with E-state index < -0.39 is 11.6 Å². The van der Waals surface area contributed by atoms with Gasteiger partial charge in [0.25, 0.3) is 0 Å². The number of halogens is 2. The van der Waals surface area contributed by atoms with E-state index in [1.165, 1.54) is 31.4 Å². The van der Waals surface area contributed by atoms with Crippen molar-refractivity contribution < 1.29 is 13.9 Å². The first kappa shape index (κ1) is 13.4. The number of ketones is 1. The summed E-state index contributed by atoms with van der Waals surface area (Å²) in [6.45, 7) is 0. The number of anilines is 1. The lowest BCUT2D eigenvalue weighted by atomic mass is 10.0. The highest BCUT2D eigenvalue weighted by molar-refractivity contribution is 6.35. The van der Waals surface area contributed by atoms with Crippen molar-refractivity contribution in [1.29, 1.82) is 0 Å². The Morgan fingerprint density at radius 2 is 1.89 bits per heavy atom. The Balaban J connectivity index is 2.44. The molecule has 2 aromatic rings. The molecule has 0 radical (unpaired) electrons. The van der Waals surface area contributed by atoms with Crippen LogP contribution in [-0.2, 0) is 0 Å². The van der Waals surface area contributed by atoms with Crippen LogP contribution < -0.4 is 10.5 Å². The van der Waals surface area contributed by atoms with Gasteiger partial charge in [0.15, 0.2) is 5.78 Å². The molecule has 0 saturated heterocycles. The Labute approximate surface area is 114 Å². The normalized spacial score (nSPS) is 10.3. The summed E-state index contributed by atoms with van der Waals surface area (Å²) in [6, 6.07) is 8.50. The number of nitrogens with two attached hydrogens (primary N) is 1. The van der Waals surface area contributed by atoms with Gasteiger partial charge in [-0.3, -0.25) is 4.79 Å². The highest BCUT2D eigenvalue weighted by Gasteiger charge is 2.17. The molecule has 3 nitrogen and oxygen atoms in total. The number of carbonyl (C=O) groups excluding carboxylic acids is 1. The molecule has 0 aromatic heterocycles. The molecule has 0 aliphatic heterocycles. The molecule has 0 bridgehead atoms. The van der Waals surface area contributed by atoms with E-state index in [1.54, 1.807) is 6.07 Å². The van der Waals surface area contributed by atoms with Crippen molar-refractivity contribution in [2.24, 2.45) is 0 Å². The topological polar surface area (TPSA) is 52.3 Å². The van der Waals surface area contributed by atoms with Crippen molar-refractivity contribution in [2.45, 2.75) is 0 Å². The predicted octanol–water partition coefficient (Wildman–Crippen LogP) is 3.30. The quantitative estimate of drug-likeness (QED) is 0.693. The molecule has 2 N–H and O–H groups in total. The van der Waals surface area contributed by atoms with E-state index >= 15 is 0 Å². The number of benzene rings is 2. The molecule has 5 heteroatoms. The van der Waals surface area contributed by atoms with Gasteiger partial charge in [0.2, 0.25) is 0 Å². The molecule has 2 rings (SSSR count). The zero-order valence-corrected chi connectivity index (χ0v) is 10.9. The summed E-state index contributed by atoms with van der Waals surface area (Å²) in [5.41, 5.74) is 6.13. The zero-order chi connectivity index (χ0) is 14.0. The summed E-state index contributed by atoms with van der Waals surface area (Å²) in [5, 5.41) is 0.195. The zero-order valence-electron chi connectivity index (χ0n) is 10.1. The minimum absolute atomic E-state index is 0.0625. The molecule has 0 heterocycles. The maximum absolute atomic E-state index is 13.8. The second-order valence-corrected chi connectivity index (χ2v) is 4.32. The van der Waals surface area contributed by atoms with Crippen molar-refractivity contribution in [3.8, 4) is 5.75 Å². The minimum Gasteiger partial charge on any atom is -0.497 e. The van der Waals surface area contributed by atoms with Crippen LogP contribution in [0.3, 0.4) is 0 Å². The van der Waals surface area contributed by atoms with Gasteiger partial charge >= 0.3 is 0 Å². The third-order valence-corrected chi connectivity index (χ3v) is 2.97. The van der Waals surface area contributed by atoms with E-state index in [0.29, 0.717) is 11.4 Å². The van der Waals surface area contributed by atoms with Crippen molar-refractivity contribution >= 4 is 23.1 Å². The third kappa shape index (κ3) is 2.69. The lowest BCUT2D eigenvalue weighted by Crippen LogP contribution is -2.05. The molecule has 0 saturated carbocycles. The summed E-state index contributed by atoms with van der Waals surface area (Å²) in [4.78, 5) is 12.2. The minimum atomic E-state index is -0.655. The summed E-state index contributed by atoms with van der Waals surface area (Å²) in [5.74, 6) is -0.806. The van der Waals surface area contributed by atoms with E-state index in [1.807, 2.05) is 0 Å². The Bertz CT molecular complexity index is 643. The van der Waals surface area contributed by atoms with Gasteiger partial charge in [-0.05, 0) is 30.3 Å². The fourth-order valence-corrected chi connectivity index (χ4v) is 1.94. The molecule has 0 atom stereocenters. The van der Waals surface area contributed by atoms with Crippen LogP contribution in [0.1, 0.15) is 15.9 Å². The summed E-state index contributed by atoms with van der Waals surface area (Å²) >= 11 is 5.94. The van der Waals surface area contributed by atoms with Gasteiger partial charge in [0.05, 0.1) is 17.7 Å². The second-order valence-electron chi connectivity index (χ2n) is 3.91. The molecular formula is C14H11ClFNO2. The number of carbonyl (C=O) groups is 1. The molecule has 0 aliphatic carbocycles. The summed E-state index contributed by atoms with van der Waals surface area (Å²) < 4.78 is 18.7. The first-order valence-electron chi connectivity index (χ1n) is 5.46. The van der Waals surface area contributed by atoms with Gasteiger partial charge < -0.3 is 10.5 Å². The van der Waals surface area contributed by atoms with Gasteiger partial charge in [-0.15, -0.1) is 0 Å². The molecule has 0 unspecified atom stereocenters. The molecule has 2 aromatic carbocycles. The van der Waals surface area contributed by atoms with Gasteiger partial charge in [-0.25, -0.2) is 4.39 Å². The lowest BCUT2D eigenvalue weighted by molar-refractivity contribution is 0.103. The number of ether oxygens (including phenoxy) is 1. The number of rotatable bonds is 3. The second kappa shape index (κ2) is 5.28. The molecule has 0 spiro atoms. The summed E-state index contributed by atoms with van der Waals surface area (Å²) in [7, 11) is 1.42. The third-order valence-electron chi connectivity index (χ3n) is 2.66. The molecular weight excluding hydrogens is 269 g/mol. The Morgan fingerprint density at radius 1 is 1.21 bits per heavy atom. The Morgan fingerprint density at radius 3 is 2.47 bits per heavy atom. The average molecular weight is 280 g/mol. The SMILES string of the molecule is COc1ccc(C(=O)c2ccc(N)cc2Cl)c(F)c1. The van der Waals surface area contributed by atoms with E-state index in [9.17, 15) is 9.18 Å². The van der Waals surface area contributed by atoms with Gasteiger partial charge in [-0.2, -0.15) is 0 Å². The maximum Gasteiger partial charge on any atom is 0.197 e. The van der Waals surface area contributed by atoms with Gasteiger partial charge in [0.1, 0.15) is 11.6 Å². The molecule has 98 valence electrons. The smallest absolute Gasteiger partial charge is 0.197 e. The fourth-order valence-electron chi connectivity index (χ4n) is 1.67. The van der Waals surface area contributed by atoms with E-state index in [0.717, 1.165) is 6.07 Å². The van der Waals surface area contributed by atoms with Crippen LogP contribution in [0.5, 0.6) is 5.75 Å². The van der Waals surface area contributed by atoms with Gasteiger partial charge in [0, 0.05) is 17.3 Å². The lowest BCUT2D eigenvalue weighted by Gasteiger charge is -2.07. The highest BCUT2D eigenvalue weighted by Crippen LogP contribution is 2.24. The van der Waals surface area contributed by atoms with E-state index in [2.05, 4.69) is 0 Å². The van der Waals surface area contributed by atoms with Crippen LogP contribution in [0.15, 0.2) is 36.4 Å². The van der Waals surface area contributed by atoms with Crippen molar-refractivity contribution in [2.75, 3.05) is 12.8 Å². The maximum atomic E-state index is 13.8. The van der Waals surface area contributed by atoms with Gasteiger partial charge in [-0.1, -0.05) is 11.6 Å². The Kier molecular flexibility index (Phi) is 3.71. The Hall–Kier alpha value is -2.07.